The molecule has 0 radical (unpaired) electrons. The summed E-state index contributed by atoms with van der Waals surface area (Å²) in [5.41, 5.74) is -0.116. The number of benzene rings is 1. The van der Waals surface area contributed by atoms with Crippen LogP contribution in [0.4, 0.5) is 5.95 Å². The van der Waals surface area contributed by atoms with Crippen LogP contribution in [0.1, 0.15) is 62.0 Å². The molecule has 3 aromatic rings. The molecule has 31 heavy (non-hydrogen) atoms. The smallest absolute Gasteiger partial charge is 0.355 e. The van der Waals surface area contributed by atoms with Gasteiger partial charge in [0.2, 0.25) is 5.95 Å². The van der Waals surface area contributed by atoms with Gasteiger partial charge in [0.1, 0.15) is 5.65 Å². The molecule has 3 N–H and O–H groups in total. The molecule has 1 fully saturated rings. The van der Waals surface area contributed by atoms with Crippen molar-refractivity contribution < 1.29 is 15.0 Å². The zero-order valence-electron chi connectivity index (χ0n) is 17.3. The zero-order valence-corrected chi connectivity index (χ0v) is 18.0. The third-order valence-electron chi connectivity index (χ3n) is 5.87. The number of aliphatic hydroxyl groups is 1. The molecular weight excluding hydrogens is 420 g/mol. The van der Waals surface area contributed by atoms with E-state index in [4.69, 9.17) is 11.6 Å². The number of anilines is 1. The molecule has 1 aliphatic rings. The maximum atomic E-state index is 13.5. The van der Waals surface area contributed by atoms with Gasteiger partial charge in [0, 0.05) is 28.4 Å². The number of aromatic nitrogens is 3. The largest absolute Gasteiger partial charge is 0.476 e. The summed E-state index contributed by atoms with van der Waals surface area (Å²) in [6.45, 7) is 2.65. The molecule has 0 atom stereocenters. The number of pyridine rings is 1. The maximum absolute atomic E-state index is 13.5. The summed E-state index contributed by atoms with van der Waals surface area (Å²) in [6, 6.07) is 4.65. The maximum Gasteiger partial charge on any atom is 0.355 e. The van der Waals surface area contributed by atoms with Crippen LogP contribution >= 0.6 is 11.6 Å². The van der Waals surface area contributed by atoms with E-state index in [0.717, 1.165) is 12.8 Å². The lowest BCUT2D eigenvalue weighted by atomic mass is 9.92. The monoisotopic (exact) mass is 444 g/mol. The Labute approximate surface area is 183 Å². The average molecular weight is 445 g/mol. The highest BCUT2D eigenvalue weighted by molar-refractivity contribution is 6.31. The Bertz CT molecular complexity index is 1200. The molecule has 1 saturated carbocycles. The predicted molar refractivity (Wildman–Crippen MR) is 120 cm³/mol. The first-order chi connectivity index (χ1) is 14.9. The Morgan fingerprint density at radius 1 is 1.23 bits per heavy atom. The number of hydrogen-bond donors (Lipinski definition) is 3. The standard InChI is InChI=1S/C22H25ClN4O4/c1-2-3-10-24-22-25-18(21(30)31)17-15-9-4-12(23)11-16(15)20(29)27(19(17)26-22)13-5-7-14(28)8-6-13/h4,9,11,13-14,28H,2-3,5-8,10H2,1H3,(H,30,31)(H,24,25,26). The number of unbranched alkanes of at least 4 members (excludes halogenated alkanes) is 1. The Hall–Kier alpha value is -2.71. The van der Waals surface area contributed by atoms with Gasteiger partial charge in [-0.1, -0.05) is 31.0 Å². The fourth-order valence-electron chi connectivity index (χ4n) is 4.27. The molecule has 1 aliphatic carbocycles. The molecule has 4 rings (SSSR count). The first-order valence-electron chi connectivity index (χ1n) is 10.6. The number of nitrogens with one attached hydrogen (secondary N) is 1. The van der Waals surface area contributed by atoms with E-state index in [1.807, 2.05) is 0 Å². The Kier molecular flexibility index (Phi) is 6.11. The fraction of sp³-hybridized carbons (Fsp3) is 0.455. The van der Waals surface area contributed by atoms with Crippen molar-refractivity contribution in [1.29, 1.82) is 0 Å². The van der Waals surface area contributed by atoms with Gasteiger partial charge >= 0.3 is 5.97 Å². The van der Waals surface area contributed by atoms with Crippen LogP contribution in [0.2, 0.25) is 5.02 Å². The lowest BCUT2D eigenvalue weighted by molar-refractivity contribution is 0.0693. The van der Waals surface area contributed by atoms with Crippen molar-refractivity contribution in [3.8, 4) is 0 Å². The van der Waals surface area contributed by atoms with E-state index < -0.39 is 5.97 Å². The van der Waals surface area contributed by atoms with E-state index in [0.29, 0.717) is 59.1 Å². The number of carboxylic acid groups (broad SMARTS) is 1. The van der Waals surface area contributed by atoms with Crippen LogP contribution in [0.25, 0.3) is 21.8 Å². The van der Waals surface area contributed by atoms with Crippen molar-refractivity contribution in [2.75, 3.05) is 11.9 Å². The molecule has 2 aromatic heterocycles. The van der Waals surface area contributed by atoms with Crippen LogP contribution in [0.3, 0.4) is 0 Å². The first-order valence-corrected chi connectivity index (χ1v) is 11.0. The van der Waals surface area contributed by atoms with Gasteiger partial charge in [-0.25, -0.2) is 9.78 Å². The Morgan fingerprint density at radius 2 is 1.97 bits per heavy atom. The number of carboxylic acids is 1. The third-order valence-corrected chi connectivity index (χ3v) is 6.10. The molecule has 0 aliphatic heterocycles. The highest BCUT2D eigenvalue weighted by atomic mass is 35.5. The number of hydrogen-bond acceptors (Lipinski definition) is 6. The minimum atomic E-state index is -1.19. The van der Waals surface area contributed by atoms with Gasteiger partial charge in [-0.15, -0.1) is 0 Å². The molecule has 8 nitrogen and oxygen atoms in total. The Balaban J connectivity index is 2.05. The minimum Gasteiger partial charge on any atom is -0.476 e. The van der Waals surface area contributed by atoms with Crippen molar-refractivity contribution in [2.45, 2.75) is 57.6 Å². The van der Waals surface area contributed by atoms with Crippen LogP contribution in [0.15, 0.2) is 23.0 Å². The second-order valence-electron chi connectivity index (χ2n) is 8.01. The van der Waals surface area contributed by atoms with Gasteiger partial charge < -0.3 is 15.5 Å². The number of aromatic carboxylic acids is 1. The second kappa shape index (κ2) is 8.80. The molecule has 9 heteroatoms. The van der Waals surface area contributed by atoms with E-state index in [1.54, 1.807) is 22.8 Å². The number of carbonyl (C=O) groups is 1. The molecule has 2 heterocycles. The Morgan fingerprint density at radius 3 is 2.65 bits per heavy atom. The predicted octanol–water partition coefficient (Wildman–Crippen LogP) is 3.98. The fourth-order valence-corrected chi connectivity index (χ4v) is 4.45. The van der Waals surface area contributed by atoms with Crippen molar-refractivity contribution in [3.63, 3.8) is 0 Å². The van der Waals surface area contributed by atoms with Gasteiger partial charge in [0.25, 0.3) is 5.56 Å². The summed E-state index contributed by atoms with van der Waals surface area (Å²) in [4.78, 5) is 34.6. The van der Waals surface area contributed by atoms with Gasteiger partial charge in [-0.3, -0.25) is 9.36 Å². The van der Waals surface area contributed by atoms with E-state index in [2.05, 4.69) is 22.2 Å². The molecule has 0 bridgehead atoms. The van der Waals surface area contributed by atoms with Crippen molar-refractivity contribution in [2.24, 2.45) is 0 Å². The van der Waals surface area contributed by atoms with Crippen molar-refractivity contribution in [1.82, 2.24) is 14.5 Å². The minimum absolute atomic E-state index is 0.152. The molecular formula is C22H25ClN4O4. The highest BCUT2D eigenvalue weighted by Crippen LogP contribution is 2.33. The van der Waals surface area contributed by atoms with Crippen molar-refractivity contribution in [3.05, 3.63) is 39.3 Å². The quantitative estimate of drug-likeness (QED) is 0.388. The molecule has 0 amide bonds. The second-order valence-corrected chi connectivity index (χ2v) is 8.44. The van der Waals surface area contributed by atoms with Crippen molar-refractivity contribution >= 4 is 45.3 Å². The number of fused-ring (bicyclic) bond motifs is 3. The van der Waals surface area contributed by atoms with Crippen LogP contribution in [-0.2, 0) is 0 Å². The molecule has 1 aromatic carbocycles. The zero-order chi connectivity index (χ0) is 22.1. The molecule has 164 valence electrons. The van der Waals surface area contributed by atoms with E-state index >= 15 is 0 Å². The van der Waals surface area contributed by atoms with Crippen LogP contribution in [0.5, 0.6) is 0 Å². The van der Waals surface area contributed by atoms with Crippen LogP contribution in [-0.4, -0.2) is 43.4 Å². The first kappa shape index (κ1) is 21.5. The van der Waals surface area contributed by atoms with Gasteiger partial charge in [-0.05, 0) is 44.2 Å². The molecule has 0 unspecified atom stereocenters. The number of halogens is 1. The summed E-state index contributed by atoms with van der Waals surface area (Å²) in [5, 5.41) is 24.5. The topological polar surface area (TPSA) is 117 Å². The third kappa shape index (κ3) is 4.09. The summed E-state index contributed by atoms with van der Waals surface area (Å²) in [5.74, 6) is -0.998. The average Bonchev–Trinajstić information content (AvgIpc) is 2.75. The molecule has 0 saturated heterocycles. The lowest BCUT2D eigenvalue weighted by Gasteiger charge is -2.28. The summed E-state index contributed by atoms with van der Waals surface area (Å²) in [7, 11) is 0. The van der Waals surface area contributed by atoms with Crippen LogP contribution < -0.4 is 10.9 Å². The summed E-state index contributed by atoms with van der Waals surface area (Å²) >= 11 is 6.16. The summed E-state index contributed by atoms with van der Waals surface area (Å²) < 4.78 is 1.58. The lowest BCUT2D eigenvalue weighted by Crippen LogP contribution is -2.31. The number of nitrogens with zero attached hydrogens (tertiary/aromatic N) is 3. The van der Waals surface area contributed by atoms with E-state index in [9.17, 15) is 19.8 Å². The molecule has 0 spiro atoms. The number of aliphatic hydroxyl groups excluding tert-OH is 1. The van der Waals surface area contributed by atoms with E-state index in [1.165, 1.54) is 0 Å². The number of rotatable bonds is 6. The van der Waals surface area contributed by atoms with Gasteiger partial charge in [0.05, 0.1) is 11.5 Å². The normalized spacial score (nSPS) is 19.1. The van der Waals surface area contributed by atoms with E-state index in [-0.39, 0.29) is 29.3 Å². The SMILES string of the molecule is CCCCNc1nc(C(=O)O)c2c3ccc(Cl)cc3c(=O)n(C3CCC(O)CC3)c2n1. The van der Waals surface area contributed by atoms with Gasteiger partial charge in [0.15, 0.2) is 5.69 Å². The van der Waals surface area contributed by atoms with Crippen LogP contribution in [0, 0.1) is 0 Å². The highest BCUT2D eigenvalue weighted by Gasteiger charge is 2.27. The van der Waals surface area contributed by atoms with Gasteiger partial charge in [-0.2, -0.15) is 4.98 Å². The summed E-state index contributed by atoms with van der Waals surface area (Å²) in [6.07, 6.45) is 3.82.